The second-order valence-electron chi connectivity index (χ2n) is 8.11. The van der Waals surface area contributed by atoms with Crippen LogP contribution in [0.4, 0.5) is 4.39 Å². The number of halogens is 1. The quantitative estimate of drug-likeness (QED) is 0.304. The zero-order valence-electron chi connectivity index (χ0n) is 20.0. The van der Waals surface area contributed by atoms with E-state index >= 15 is 0 Å². The van der Waals surface area contributed by atoms with E-state index in [4.69, 9.17) is 4.74 Å². The number of nitrogens with zero attached hydrogens (tertiary/aromatic N) is 2. The lowest BCUT2D eigenvalue weighted by Crippen LogP contribution is -2.43. The van der Waals surface area contributed by atoms with E-state index in [1.54, 1.807) is 16.2 Å². The van der Waals surface area contributed by atoms with Crippen molar-refractivity contribution in [3.8, 4) is 0 Å². The fourth-order valence-electron chi connectivity index (χ4n) is 3.55. The Hall–Kier alpha value is -2.59. The van der Waals surface area contributed by atoms with Crippen LogP contribution in [0.25, 0.3) is 0 Å². The average Bonchev–Trinajstić information content (AvgIpc) is 3.25. The molecule has 2 aromatic carbocycles. The summed E-state index contributed by atoms with van der Waals surface area (Å²) in [4.78, 5) is 16.2. The molecule has 0 saturated heterocycles. The SMILES string of the molecule is CCOCCCN(CC(=O)N(Cc1ccccc1)Cc1sccc1C)S(=O)(=O)c1ccc(F)cc1. The van der Waals surface area contributed by atoms with Gasteiger partial charge in [-0.15, -0.1) is 11.3 Å². The molecule has 0 fully saturated rings. The summed E-state index contributed by atoms with van der Waals surface area (Å²) < 4.78 is 46.7. The molecule has 0 atom stereocenters. The van der Waals surface area contributed by atoms with E-state index in [0.717, 1.165) is 28.1 Å². The molecule has 0 N–H and O–H groups in total. The summed E-state index contributed by atoms with van der Waals surface area (Å²) in [5.41, 5.74) is 2.05. The molecule has 1 heterocycles. The first-order chi connectivity index (χ1) is 16.8. The summed E-state index contributed by atoms with van der Waals surface area (Å²) in [5, 5.41) is 1.98. The van der Waals surface area contributed by atoms with Crippen molar-refractivity contribution in [1.82, 2.24) is 9.21 Å². The molecule has 0 spiro atoms. The van der Waals surface area contributed by atoms with Crippen LogP contribution in [0.5, 0.6) is 0 Å². The molecule has 0 aliphatic rings. The maximum atomic E-state index is 13.5. The Morgan fingerprint density at radius 2 is 1.74 bits per heavy atom. The minimum atomic E-state index is -4.01. The van der Waals surface area contributed by atoms with Crippen LogP contribution < -0.4 is 0 Å². The predicted molar refractivity (Wildman–Crippen MR) is 136 cm³/mol. The third-order valence-corrected chi connectivity index (χ3v) is 8.40. The summed E-state index contributed by atoms with van der Waals surface area (Å²) in [6.45, 7) is 5.31. The van der Waals surface area contributed by atoms with Crippen molar-refractivity contribution in [3.63, 3.8) is 0 Å². The standard InChI is InChI=1S/C26H31FN2O4S2/c1-3-33-16-7-15-29(35(31,32)24-12-10-23(27)11-13-24)20-26(30)28(18-22-8-5-4-6-9-22)19-25-21(2)14-17-34-25/h4-6,8-14,17H,3,7,15-16,18-20H2,1-2H3. The topological polar surface area (TPSA) is 66.9 Å². The molecule has 0 aliphatic heterocycles. The van der Waals surface area contributed by atoms with Gasteiger partial charge in [-0.2, -0.15) is 4.31 Å². The Morgan fingerprint density at radius 1 is 1.03 bits per heavy atom. The van der Waals surface area contributed by atoms with Crippen LogP contribution in [0.2, 0.25) is 0 Å². The molecule has 188 valence electrons. The highest BCUT2D eigenvalue weighted by atomic mass is 32.2. The van der Waals surface area contributed by atoms with Crippen molar-refractivity contribution in [2.75, 3.05) is 26.3 Å². The van der Waals surface area contributed by atoms with Gasteiger partial charge in [-0.25, -0.2) is 12.8 Å². The van der Waals surface area contributed by atoms with Crippen LogP contribution >= 0.6 is 11.3 Å². The highest BCUT2D eigenvalue weighted by molar-refractivity contribution is 7.89. The van der Waals surface area contributed by atoms with Crippen molar-refractivity contribution >= 4 is 27.3 Å². The number of hydrogen-bond acceptors (Lipinski definition) is 5. The summed E-state index contributed by atoms with van der Waals surface area (Å²) >= 11 is 1.57. The lowest BCUT2D eigenvalue weighted by Gasteiger charge is -2.27. The number of thiophene rings is 1. The van der Waals surface area contributed by atoms with Gasteiger partial charge in [-0.05, 0) is 67.1 Å². The van der Waals surface area contributed by atoms with Crippen molar-refractivity contribution in [3.05, 3.63) is 87.9 Å². The van der Waals surface area contributed by atoms with Crippen LogP contribution in [-0.2, 0) is 32.6 Å². The maximum Gasteiger partial charge on any atom is 0.243 e. The second-order valence-corrected chi connectivity index (χ2v) is 11.0. The summed E-state index contributed by atoms with van der Waals surface area (Å²) in [7, 11) is -4.01. The van der Waals surface area contributed by atoms with E-state index < -0.39 is 15.8 Å². The van der Waals surface area contributed by atoms with Gasteiger partial charge in [-0.3, -0.25) is 4.79 Å². The molecule has 0 unspecified atom stereocenters. The molecule has 0 radical (unpaired) electrons. The van der Waals surface area contributed by atoms with E-state index in [-0.39, 0.29) is 23.9 Å². The van der Waals surface area contributed by atoms with Crippen molar-refractivity contribution in [2.24, 2.45) is 0 Å². The average molecular weight is 519 g/mol. The lowest BCUT2D eigenvalue weighted by atomic mass is 10.2. The van der Waals surface area contributed by atoms with Gasteiger partial charge in [0.1, 0.15) is 5.82 Å². The Bertz CT molecular complexity index is 1180. The fourth-order valence-corrected chi connectivity index (χ4v) is 5.90. The summed E-state index contributed by atoms with van der Waals surface area (Å²) in [6.07, 6.45) is 0.435. The van der Waals surface area contributed by atoms with Gasteiger partial charge in [-0.1, -0.05) is 30.3 Å². The predicted octanol–water partition coefficient (Wildman–Crippen LogP) is 4.84. The van der Waals surface area contributed by atoms with Gasteiger partial charge in [0.05, 0.1) is 18.0 Å². The summed E-state index contributed by atoms with van der Waals surface area (Å²) in [6, 6.07) is 16.3. The van der Waals surface area contributed by atoms with E-state index in [2.05, 4.69) is 0 Å². The molecular formula is C26H31FN2O4S2. The molecule has 3 aromatic rings. The Balaban J connectivity index is 1.85. The molecule has 6 nitrogen and oxygen atoms in total. The molecule has 0 saturated carbocycles. The molecule has 0 bridgehead atoms. The van der Waals surface area contributed by atoms with E-state index in [0.29, 0.717) is 32.7 Å². The molecule has 9 heteroatoms. The van der Waals surface area contributed by atoms with Crippen molar-refractivity contribution in [1.29, 1.82) is 0 Å². The first kappa shape index (κ1) is 27.0. The second kappa shape index (κ2) is 12.9. The molecular weight excluding hydrogens is 487 g/mol. The number of hydrogen-bond donors (Lipinski definition) is 0. The lowest BCUT2D eigenvalue weighted by molar-refractivity contribution is -0.132. The third-order valence-electron chi connectivity index (χ3n) is 5.53. The number of amides is 1. The zero-order chi connectivity index (χ0) is 25.3. The van der Waals surface area contributed by atoms with Gasteiger partial charge in [0, 0.05) is 31.2 Å². The largest absolute Gasteiger partial charge is 0.382 e. The highest BCUT2D eigenvalue weighted by Gasteiger charge is 2.29. The smallest absolute Gasteiger partial charge is 0.243 e. The van der Waals surface area contributed by atoms with Crippen molar-refractivity contribution in [2.45, 2.75) is 38.3 Å². The Kier molecular flexibility index (Phi) is 9.97. The third kappa shape index (κ3) is 7.70. The van der Waals surface area contributed by atoms with Gasteiger partial charge in [0.15, 0.2) is 0 Å². The number of carbonyl (C=O) groups is 1. The minimum Gasteiger partial charge on any atom is -0.382 e. The van der Waals surface area contributed by atoms with Gasteiger partial charge in [0.2, 0.25) is 15.9 Å². The molecule has 0 aliphatic carbocycles. The molecule has 3 rings (SSSR count). The minimum absolute atomic E-state index is 0.0492. The maximum absolute atomic E-state index is 13.5. The first-order valence-corrected chi connectivity index (χ1v) is 13.8. The van der Waals surface area contributed by atoms with Crippen LogP contribution in [0, 0.1) is 12.7 Å². The number of ether oxygens (including phenoxy) is 1. The van der Waals surface area contributed by atoms with Crippen LogP contribution in [0.15, 0.2) is 70.9 Å². The molecule has 1 aromatic heterocycles. The van der Waals surface area contributed by atoms with Gasteiger partial charge in [0.25, 0.3) is 0 Å². The molecule has 1 amide bonds. The Labute approximate surface area is 211 Å². The number of benzene rings is 2. The first-order valence-electron chi connectivity index (χ1n) is 11.5. The van der Waals surface area contributed by atoms with E-state index in [1.165, 1.54) is 16.4 Å². The number of rotatable bonds is 13. The van der Waals surface area contributed by atoms with Crippen LogP contribution in [0.1, 0.15) is 29.3 Å². The zero-order valence-corrected chi connectivity index (χ0v) is 21.7. The summed E-state index contributed by atoms with van der Waals surface area (Å²) in [5.74, 6) is -0.827. The van der Waals surface area contributed by atoms with Crippen LogP contribution in [0.3, 0.4) is 0 Å². The van der Waals surface area contributed by atoms with Gasteiger partial charge >= 0.3 is 0 Å². The molecule has 35 heavy (non-hydrogen) atoms. The fraction of sp³-hybridized carbons (Fsp3) is 0.346. The van der Waals surface area contributed by atoms with Gasteiger partial charge < -0.3 is 9.64 Å². The van der Waals surface area contributed by atoms with E-state index in [1.807, 2.05) is 55.6 Å². The Morgan fingerprint density at radius 3 is 2.37 bits per heavy atom. The normalized spacial score (nSPS) is 11.7. The van der Waals surface area contributed by atoms with Crippen LogP contribution in [-0.4, -0.2) is 49.8 Å². The monoisotopic (exact) mass is 518 g/mol. The number of sulfonamides is 1. The van der Waals surface area contributed by atoms with E-state index in [9.17, 15) is 17.6 Å². The number of carbonyl (C=O) groups excluding carboxylic acids is 1. The van der Waals surface area contributed by atoms with Crippen molar-refractivity contribution < 1.29 is 22.3 Å². The highest BCUT2D eigenvalue weighted by Crippen LogP contribution is 2.21. The number of aryl methyl sites for hydroxylation is 1.